The van der Waals surface area contributed by atoms with Crippen LogP contribution >= 0.6 is 23.6 Å². The van der Waals surface area contributed by atoms with Gasteiger partial charge in [0.2, 0.25) is 5.13 Å². The van der Waals surface area contributed by atoms with Crippen LogP contribution in [0.1, 0.15) is 25.4 Å². The molecule has 1 N–H and O–H groups in total. The Hall–Kier alpha value is -2.16. The van der Waals surface area contributed by atoms with E-state index in [1.54, 1.807) is 7.11 Å². The Labute approximate surface area is 168 Å². The summed E-state index contributed by atoms with van der Waals surface area (Å²) in [5.41, 5.74) is 0.864. The zero-order chi connectivity index (χ0) is 19.4. The third-order valence-electron chi connectivity index (χ3n) is 4.16. The molecule has 0 spiro atoms. The van der Waals surface area contributed by atoms with Crippen molar-refractivity contribution in [2.45, 2.75) is 40.0 Å². The molecule has 0 aliphatic heterocycles. The highest BCUT2D eigenvalue weighted by Gasteiger charge is 2.15. The van der Waals surface area contributed by atoms with Gasteiger partial charge in [0.15, 0.2) is 3.95 Å². The third-order valence-corrected chi connectivity index (χ3v) is 5.38. The first-order chi connectivity index (χ1) is 13.0. The molecule has 3 aromatic rings. The number of rotatable bonds is 8. The van der Waals surface area contributed by atoms with Crippen molar-refractivity contribution in [1.29, 1.82) is 0 Å². The smallest absolute Gasteiger partial charge is 0.209 e. The summed E-state index contributed by atoms with van der Waals surface area (Å²) in [5, 5.41) is 8.68. The second-order valence-electron chi connectivity index (χ2n) is 6.49. The van der Waals surface area contributed by atoms with E-state index in [4.69, 9.17) is 21.4 Å². The molecule has 0 unspecified atom stereocenters. The van der Waals surface area contributed by atoms with E-state index in [0.717, 1.165) is 28.1 Å². The quantitative estimate of drug-likeness (QED) is 0.521. The Bertz CT molecular complexity index is 945. The van der Waals surface area contributed by atoms with Gasteiger partial charge in [-0.2, -0.15) is 0 Å². The molecule has 144 valence electrons. The molecule has 1 aromatic carbocycles. The molecule has 27 heavy (non-hydrogen) atoms. The van der Waals surface area contributed by atoms with Gasteiger partial charge in [0.25, 0.3) is 0 Å². The van der Waals surface area contributed by atoms with E-state index in [1.165, 1.54) is 11.3 Å². The summed E-state index contributed by atoms with van der Waals surface area (Å²) in [7, 11) is 1.65. The summed E-state index contributed by atoms with van der Waals surface area (Å²) in [6, 6.07) is 12.1. The van der Waals surface area contributed by atoms with Gasteiger partial charge in [-0.15, -0.1) is 5.10 Å². The predicted octanol–water partition coefficient (Wildman–Crippen LogP) is 5.20. The molecule has 0 saturated heterocycles. The van der Waals surface area contributed by atoms with Crippen LogP contribution < -0.4 is 10.1 Å². The zero-order valence-corrected chi connectivity index (χ0v) is 17.6. The lowest BCUT2D eigenvalue weighted by Gasteiger charge is -2.25. The molecule has 0 radical (unpaired) electrons. The molecule has 0 aliphatic rings. The average Bonchev–Trinajstić information content (AvgIpc) is 3.20. The van der Waals surface area contributed by atoms with E-state index in [0.29, 0.717) is 23.2 Å². The number of nitrogens with zero attached hydrogens (tertiary/aromatic N) is 3. The van der Waals surface area contributed by atoms with Gasteiger partial charge in [-0.3, -0.25) is 4.90 Å². The van der Waals surface area contributed by atoms with Crippen LogP contribution in [0.4, 0.5) is 10.8 Å². The first kappa shape index (κ1) is 19.6. The number of aromatic nitrogens is 2. The molecule has 0 fully saturated rings. The van der Waals surface area contributed by atoms with E-state index >= 15 is 0 Å². The number of benzene rings is 1. The second-order valence-corrected chi connectivity index (χ2v) is 8.11. The minimum atomic E-state index is 0.324. The number of furan rings is 1. The zero-order valence-electron chi connectivity index (χ0n) is 15.9. The Morgan fingerprint density at radius 2 is 2.07 bits per heavy atom. The molecular formula is C19H24N4O2S2. The van der Waals surface area contributed by atoms with Crippen molar-refractivity contribution in [2.24, 2.45) is 0 Å². The van der Waals surface area contributed by atoms with E-state index < -0.39 is 0 Å². The predicted molar refractivity (Wildman–Crippen MR) is 111 cm³/mol. The van der Waals surface area contributed by atoms with Gasteiger partial charge in [-0.25, -0.2) is 4.68 Å². The van der Waals surface area contributed by atoms with Crippen molar-refractivity contribution < 1.29 is 9.15 Å². The SMILES string of the molecule is COc1ccccc1Nc1nn(CN(Cc2ccc(C)o2)C(C)C)c(=S)s1. The number of para-hydroxylation sites is 2. The normalized spacial score (nSPS) is 11.3. The molecule has 0 saturated carbocycles. The van der Waals surface area contributed by atoms with Gasteiger partial charge in [0.1, 0.15) is 17.3 Å². The molecule has 0 aliphatic carbocycles. The number of hydrogen-bond donors (Lipinski definition) is 1. The maximum Gasteiger partial charge on any atom is 0.209 e. The fraction of sp³-hybridized carbons (Fsp3) is 0.368. The maximum absolute atomic E-state index is 5.72. The van der Waals surface area contributed by atoms with E-state index in [-0.39, 0.29) is 0 Å². The highest BCUT2D eigenvalue weighted by atomic mass is 32.1. The standard InChI is InChI=1S/C19H24N4O2S2/c1-13(2)22(11-15-10-9-14(3)25-15)12-23-19(26)27-18(21-23)20-16-7-5-6-8-17(16)24-4/h5-10,13H,11-12H2,1-4H3,(H,20,21). The lowest BCUT2D eigenvalue weighted by Crippen LogP contribution is -2.32. The number of hydrogen-bond acceptors (Lipinski definition) is 7. The first-order valence-electron chi connectivity index (χ1n) is 8.73. The molecule has 0 amide bonds. The van der Waals surface area contributed by atoms with Crippen LogP contribution in [0.5, 0.6) is 5.75 Å². The van der Waals surface area contributed by atoms with Crippen LogP contribution in [-0.4, -0.2) is 27.8 Å². The number of methoxy groups -OCH3 is 1. The second kappa shape index (κ2) is 8.69. The van der Waals surface area contributed by atoms with Crippen LogP contribution in [0.15, 0.2) is 40.8 Å². The molecule has 2 aromatic heterocycles. The summed E-state index contributed by atoms with van der Waals surface area (Å²) in [4.78, 5) is 2.26. The fourth-order valence-electron chi connectivity index (χ4n) is 2.65. The molecule has 3 rings (SSSR count). The molecule has 2 heterocycles. The molecular weight excluding hydrogens is 380 g/mol. The molecule has 0 atom stereocenters. The van der Waals surface area contributed by atoms with Crippen molar-refractivity contribution in [1.82, 2.24) is 14.7 Å². The molecule has 6 nitrogen and oxygen atoms in total. The van der Waals surface area contributed by atoms with Crippen molar-refractivity contribution in [3.05, 3.63) is 51.9 Å². The summed E-state index contributed by atoms with van der Waals surface area (Å²) < 4.78 is 13.7. The van der Waals surface area contributed by atoms with Crippen LogP contribution in [-0.2, 0) is 13.2 Å². The number of anilines is 2. The summed E-state index contributed by atoms with van der Waals surface area (Å²) in [5.74, 6) is 2.62. The summed E-state index contributed by atoms with van der Waals surface area (Å²) in [6.45, 7) is 7.56. The molecule has 0 bridgehead atoms. The van der Waals surface area contributed by atoms with Crippen molar-refractivity contribution in [3.8, 4) is 5.75 Å². The minimum absolute atomic E-state index is 0.324. The lowest BCUT2D eigenvalue weighted by atomic mass is 10.3. The Balaban J connectivity index is 1.75. The number of nitrogens with one attached hydrogen (secondary N) is 1. The Morgan fingerprint density at radius 3 is 2.74 bits per heavy atom. The Kier molecular flexibility index (Phi) is 6.30. The van der Waals surface area contributed by atoms with Crippen LogP contribution in [0, 0.1) is 10.9 Å². The number of aryl methyl sites for hydroxylation is 1. The largest absolute Gasteiger partial charge is 0.495 e. The maximum atomic E-state index is 5.72. The van der Waals surface area contributed by atoms with Gasteiger partial charge in [0.05, 0.1) is 26.0 Å². The minimum Gasteiger partial charge on any atom is -0.495 e. The Morgan fingerprint density at radius 1 is 1.30 bits per heavy atom. The summed E-state index contributed by atoms with van der Waals surface area (Å²) in [6.07, 6.45) is 0. The highest BCUT2D eigenvalue weighted by molar-refractivity contribution is 7.73. The lowest BCUT2D eigenvalue weighted by molar-refractivity contribution is 0.142. The van der Waals surface area contributed by atoms with Crippen LogP contribution in [0.3, 0.4) is 0 Å². The molecule has 8 heteroatoms. The topological polar surface area (TPSA) is 55.5 Å². The van der Waals surface area contributed by atoms with Gasteiger partial charge in [-0.05, 0) is 57.3 Å². The van der Waals surface area contributed by atoms with Gasteiger partial charge in [0, 0.05) is 6.04 Å². The summed E-state index contributed by atoms with van der Waals surface area (Å²) >= 11 is 6.96. The number of ether oxygens (including phenoxy) is 1. The highest BCUT2D eigenvalue weighted by Crippen LogP contribution is 2.28. The van der Waals surface area contributed by atoms with Crippen molar-refractivity contribution >= 4 is 34.4 Å². The van der Waals surface area contributed by atoms with Gasteiger partial charge in [-0.1, -0.05) is 23.5 Å². The van der Waals surface area contributed by atoms with Gasteiger partial charge < -0.3 is 14.5 Å². The first-order valence-corrected chi connectivity index (χ1v) is 9.96. The van der Waals surface area contributed by atoms with Gasteiger partial charge >= 0.3 is 0 Å². The van der Waals surface area contributed by atoms with Crippen molar-refractivity contribution in [3.63, 3.8) is 0 Å². The fourth-order valence-corrected chi connectivity index (χ4v) is 3.65. The monoisotopic (exact) mass is 404 g/mol. The van der Waals surface area contributed by atoms with Crippen LogP contribution in [0.25, 0.3) is 0 Å². The van der Waals surface area contributed by atoms with E-state index in [1.807, 2.05) is 48.0 Å². The van der Waals surface area contributed by atoms with E-state index in [9.17, 15) is 0 Å². The van der Waals surface area contributed by atoms with Crippen LogP contribution in [0.2, 0.25) is 0 Å². The average molecular weight is 405 g/mol. The third kappa shape index (κ3) is 4.97. The van der Waals surface area contributed by atoms with E-state index in [2.05, 4.69) is 29.2 Å². The van der Waals surface area contributed by atoms with Crippen molar-refractivity contribution in [2.75, 3.05) is 12.4 Å².